The largest absolute Gasteiger partial charge is 0.478 e. The number of benzene rings is 2. The van der Waals surface area contributed by atoms with Crippen LogP contribution in [0.1, 0.15) is 52.8 Å². The lowest BCUT2D eigenvalue weighted by atomic mass is 9.93. The van der Waals surface area contributed by atoms with Crippen LogP contribution in [0.4, 0.5) is 11.4 Å². The summed E-state index contributed by atoms with van der Waals surface area (Å²) in [5, 5.41) is 23.0. The Balaban J connectivity index is 1.83. The smallest absolute Gasteiger partial charge is 0.336 e. The molecule has 1 fully saturated rings. The van der Waals surface area contributed by atoms with Crippen LogP contribution in [0.15, 0.2) is 48.5 Å². The minimum atomic E-state index is -1.21. The summed E-state index contributed by atoms with van der Waals surface area (Å²) in [5.74, 6) is -2.24. The van der Waals surface area contributed by atoms with E-state index >= 15 is 0 Å². The van der Waals surface area contributed by atoms with Gasteiger partial charge in [-0.05, 0) is 31.0 Å². The molecule has 9 nitrogen and oxygen atoms in total. The van der Waals surface area contributed by atoms with Gasteiger partial charge in [0.05, 0.1) is 16.1 Å². The van der Waals surface area contributed by atoms with Gasteiger partial charge in [-0.3, -0.25) is 19.7 Å². The summed E-state index contributed by atoms with van der Waals surface area (Å²) in [6.45, 7) is -0.278. The number of hydrogen-bond acceptors (Lipinski definition) is 5. The fraction of sp³-hybridized carbons (Fsp3) is 0.318. The molecule has 9 heteroatoms. The minimum absolute atomic E-state index is 0.0312. The number of carboxylic acid groups (broad SMARTS) is 1. The number of rotatable bonds is 7. The highest BCUT2D eigenvalue weighted by atomic mass is 16.6. The predicted octanol–water partition coefficient (Wildman–Crippen LogP) is 3.71. The normalized spacial score (nSPS) is 13.9. The third kappa shape index (κ3) is 5.44. The van der Waals surface area contributed by atoms with Gasteiger partial charge in [-0.15, -0.1) is 0 Å². The average molecular weight is 425 g/mol. The van der Waals surface area contributed by atoms with Crippen LogP contribution in [0.3, 0.4) is 0 Å². The Kier molecular flexibility index (Phi) is 6.96. The Morgan fingerprint density at radius 2 is 1.71 bits per heavy atom. The zero-order valence-electron chi connectivity index (χ0n) is 16.8. The molecule has 2 amide bonds. The van der Waals surface area contributed by atoms with Gasteiger partial charge in [0, 0.05) is 23.9 Å². The third-order valence-corrected chi connectivity index (χ3v) is 5.32. The monoisotopic (exact) mass is 425 g/mol. The number of hydrogen-bond donors (Lipinski definition) is 2. The molecule has 2 aromatic rings. The Bertz CT molecular complexity index is 1000. The number of non-ortho nitro benzene ring substituents is 1. The van der Waals surface area contributed by atoms with Crippen LogP contribution in [0, 0.1) is 10.1 Å². The van der Waals surface area contributed by atoms with Gasteiger partial charge in [0.1, 0.15) is 6.54 Å². The van der Waals surface area contributed by atoms with E-state index in [4.69, 9.17) is 0 Å². The van der Waals surface area contributed by atoms with Crippen molar-refractivity contribution in [3.8, 4) is 0 Å². The van der Waals surface area contributed by atoms with Gasteiger partial charge in [0.15, 0.2) is 0 Å². The van der Waals surface area contributed by atoms with Crippen molar-refractivity contribution >= 4 is 29.2 Å². The van der Waals surface area contributed by atoms with Crippen LogP contribution in [0.25, 0.3) is 0 Å². The van der Waals surface area contributed by atoms with Crippen molar-refractivity contribution in [3.63, 3.8) is 0 Å². The van der Waals surface area contributed by atoms with Crippen LogP contribution < -0.4 is 5.32 Å². The van der Waals surface area contributed by atoms with Crippen molar-refractivity contribution in [1.82, 2.24) is 4.90 Å². The van der Waals surface area contributed by atoms with Crippen LogP contribution in [0.2, 0.25) is 0 Å². The van der Waals surface area contributed by atoms with E-state index in [0.29, 0.717) is 0 Å². The van der Waals surface area contributed by atoms with Crippen LogP contribution >= 0.6 is 0 Å². The molecule has 0 atom stereocenters. The minimum Gasteiger partial charge on any atom is -0.478 e. The zero-order valence-corrected chi connectivity index (χ0v) is 16.8. The van der Waals surface area contributed by atoms with Crippen molar-refractivity contribution in [2.75, 3.05) is 11.9 Å². The lowest BCUT2D eigenvalue weighted by Crippen LogP contribution is -2.46. The van der Waals surface area contributed by atoms with Gasteiger partial charge in [0.2, 0.25) is 5.91 Å². The molecule has 0 radical (unpaired) electrons. The molecular formula is C22H23N3O6. The van der Waals surface area contributed by atoms with Crippen molar-refractivity contribution in [1.29, 1.82) is 0 Å². The number of nitro groups is 1. The maximum atomic E-state index is 13.3. The fourth-order valence-electron chi connectivity index (χ4n) is 3.82. The lowest BCUT2D eigenvalue weighted by Gasteiger charge is -2.34. The molecule has 0 saturated heterocycles. The molecule has 0 aromatic heterocycles. The molecule has 1 saturated carbocycles. The van der Waals surface area contributed by atoms with E-state index in [2.05, 4.69) is 5.32 Å². The summed E-state index contributed by atoms with van der Waals surface area (Å²) in [6.07, 6.45) is 4.34. The fourth-order valence-corrected chi connectivity index (χ4v) is 3.82. The Morgan fingerprint density at radius 1 is 1.03 bits per heavy atom. The summed E-state index contributed by atoms with van der Waals surface area (Å²) in [6, 6.07) is 11.3. The van der Waals surface area contributed by atoms with Gasteiger partial charge in [-0.2, -0.15) is 0 Å². The first kappa shape index (κ1) is 21.9. The Labute approximate surface area is 178 Å². The highest BCUT2D eigenvalue weighted by Gasteiger charge is 2.30. The number of carbonyl (C=O) groups excluding carboxylic acids is 2. The summed E-state index contributed by atoms with van der Waals surface area (Å²) in [7, 11) is 0. The van der Waals surface area contributed by atoms with Crippen LogP contribution in [-0.2, 0) is 4.79 Å². The molecule has 0 spiro atoms. The number of carbonyl (C=O) groups is 3. The van der Waals surface area contributed by atoms with E-state index in [1.165, 1.54) is 41.3 Å². The van der Waals surface area contributed by atoms with Gasteiger partial charge < -0.3 is 15.3 Å². The van der Waals surface area contributed by atoms with E-state index in [1.807, 2.05) is 0 Å². The third-order valence-electron chi connectivity index (χ3n) is 5.32. The van der Waals surface area contributed by atoms with Crippen molar-refractivity contribution in [3.05, 3.63) is 69.8 Å². The molecule has 0 heterocycles. The summed E-state index contributed by atoms with van der Waals surface area (Å²) in [4.78, 5) is 49.4. The topological polar surface area (TPSA) is 130 Å². The second-order valence-corrected chi connectivity index (χ2v) is 7.43. The highest BCUT2D eigenvalue weighted by molar-refractivity contribution is 6.06. The van der Waals surface area contributed by atoms with E-state index < -0.39 is 22.7 Å². The number of nitrogens with one attached hydrogen (secondary N) is 1. The van der Waals surface area contributed by atoms with E-state index in [0.717, 1.165) is 32.1 Å². The SMILES string of the molecule is O=C(CN(C(=O)c1ccccc1C(=O)O)C1CCCCC1)Nc1cccc([N+](=O)[O-])c1. The molecule has 31 heavy (non-hydrogen) atoms. The second kappa shape index (κ2) is 9.84. The second-order valence-electron chi connectivity index (χ2n) is 7.43. The van der Waals surface area contributed by atoms with Crippen molar-refractivity contribution in [2.45, 2.75) is 38.1 Å². The van der Waals surface area contributed by atoms with Crippen molar-refractivity contribution < 1.29 is 24.4 Å². The highest BCUT2D eigenvalue weighted by Crippen LogP contribution is 2.25. The summed E-state index contributed by atoms with van der Waals surface area (Å²) in [5.41, 5.74) is 0.00528. The predicted molar refractivity (Wildman–Crippen MR) is 113 cm³/mol. The summed E-state index contributed by atoms with van der Waals surface area (Å²) < 4.78 is 0. The molecule has 0 aliphatic heterocycles. The molecular weight excluding hydrogens is 402 g/mol. The quantitative estimate of drug-likeness (QED) is 0.514. The average Bonchev–Trinajstić information content (AvgIpc) is 2.77. The van der Waals surface area contributed by atoms with Crippen LogP contribution in [0.5, 0.6) is 0 Å². The first-order valence-corrected chi connectivity index (χ1v) is 10.0. The van der Waals surface area contributed by atoms with E-state index in [-0.39, 0.29) is 35.1 Å². The Hall–Kier alpha value is -3.75. The first-order chi connectivity index (χ1) is 14.9. The molecule has 1 aliphatic rings. The number of anilines is 1. The number of carboxylic acids is 1. The lowest BCUT2D eigenvalue weighted by molar-refractivity contribution is -0.384. The molecule has 0 unspecified atom stereocenters. The van der Waals surface area contributed by atoms with Crippen molar-refractivity contribution in [2.24, 2.45) is 0 Å². The first-order valence-electron chi connectivity index (χ1n) is 10.0. The molecule has 3 rings (SSSR count). The van der Waals surface area contributed by atoms with Gasteiger partial charge in [-0.1, -0.05) is 37.5 Å². The van der Waals surface area contributed by atoms with Gasteiger partial charge in [-0.25, -0.2) is 4.79 Å². The van der Waals surface area contributed by atoms with Gasteiger partial charge >= 0.3 is 5.97 Å². The zero-order chi connectivity index (χ0) is 22.4. The summed E-state index contributed by atoms with van der Waals surface area (Å²) >= 11 is 0. The molecule has 2 aromatic carbocycles. The van der Waals surface area contributed by atoms with E-state index in [9.17, 15) is 29.6 Å². The molecule has 2 N–H and O–H groups in total. The number of amides is 2. The van der Waals surface area contributed by atoms with Crippen LogP contribution in [-0.4, -0.2) is 45.3 Å². The molecule has 0 bridgehead atoms. The standard InChI is InChI=1S/C22H23N3O6/c26-20(23-15-7-6-10-17(13-15)25(30)31)14-24(16-8-2-1-3-9-16)21(27)18-11-4-5-12-19(18)22(28)29/h4-7,10-13,16H,1-3,8-9,14H2,(H,23,26)(H,28,29). The molecule has 1 aliphatic carbocycles. The maximum absolute atomic E-state index is 13.3. The van der Waals surface area contributed by atoms with Gasteiger partial charge in [0.25, 0.3) is 11.6 Å². The molecule has 162 valence electrons. The maximum Gasteiger partial charge on any atom is 0.336 e. The number of nitro benzene ring substituents is 1. The number of nitrogens with zero attached hydrogens (tertiary/aromatic N) is 2. The number of aromatic carboxylic acids is 1. The Morgan fingerprint density at radius 3 is 2.35 bits per heavy atom. The van der Waals surface area contributed by atoms with E-state index in [1.54, 1.807) is 12.1 Å².